The fraction of sp³-hybridized carbons (Fsp3) is 0.176. The molecule has 2 aromatic carbocycles. The quantitative estimate of drug-likeness (QED) is 0.751. The molecular weight excluding hydrogens is 351 g/mol. The van der Waals surface area contributed by atoms with Crippen molar-refractivity contribution in [3.05, 3.63) is 58.1 Å². The molecule has 0 aliphatic rings. The number of esters is 1. The predicted molar refractivity (Wildman–Crippen MR) is 96.0 cm³/mol. The lowest BCUT2D eigenvalue weighted by atomic mass is 10.2. The standard InChI is InChI=1S/C17H16Cl2N2O3/c1-2-24-17(23)11-3-6-13(7-4-11)21-16(22)10-20-15-9-12(18)5-8-14(15)19/h3-9,20H,2,10H2,1H3,(H,21,22). The lowest BCUT2D eigenvalue weighted by molar-refractivity contribution is -0.114. The van der Waals surface area contributed by atoms with Crippen molar-refractivity contribution >= 4 is 46.5 Å². The van der Waals surface area contributed by atoms with Gasteiger partial charge in [-0.2, -0.15) is 0 Å². The summed E-state index contributed by atoms with van der Waals surface area (Å²) in [5.41, 5.74) is 1.59. The lowest BCUT2D eigenvalue weighted by Crippen LogP contribution is -2.21. The number of hydrogen-bond donors (Lipinski definition) is 2. The number of carbonyl (C=O) groups excluding carboxylic acids is 2. The second-order valence-corrected chi connectivity index (χ2v) is 5.67. The number of hydrogen-bond acceptors (Lipinski definition) is 4. The number of ether oxygens (including phenoxy) is 1. The van der Waals surface area contributed by atoms with Gasteiger partial charge in [-0.1, -0.05) is 23.2 Å². The molecule has 0 aliphatic carbocycles. The van der Waals surface area contributed by atoms with Crippen LogP contribution in [0, 0.1) is 0 Å². The topological polar surface area (TPSA) is 67.4 Å². The molecule has 0 saturated heterocycles. The van der Waals surface area contributed by atoms with Crippen LogP contribution in [-0.2, 0) is 9.53 Å². The van der Waals surface area contributed by atoms with E-state index in [1.54, 1.807) is 49.4 Å². The van der Waals surface area contributed by atoms with Crippen LogP contribution in [0.3, 0.4) is 0 Å². The first-order valence-electron chi connectivity index (χ1n) is 7.25. The molecule has 126 valence electrons. The highest BCUT2D eigenvalue weighted by atomic mass is 35.5. The Morgan fingerprint density at radius 1 is 1.08 bits per heavy atom. The van der Waals surface area contributed by atoms with E-state index in [4.69, 9.17) is 27.9 Å². The van der Waals surface area contributed by atoms with Gasteiger partial charge in [-0.15, -0.1) is 0 Å². The minimum atomic E-state index is -0.396. The Balaban J connectivity index is 1.90. The maximum absolute atomic E-state index is 12.0. The fourth-order valence-electron chi connectivity index (χ4n) is 1.92. The molecule has 0 spiro atoms. The third-order valence-corrected chi connectivity index (χ3v) is 3.61. The molecular formula is C17H16Cl2N2O3. The second kappa shape index (κ2) is 8.57. The lowest BCUT2D eigenvalue weighted by Gasteiger charge is -2.10. The van der Waals surface area contributed by atoms with E-state index in [1.807, 2.05) is 0 Å². The van der Waals surface area contributed by atoms with Gasteiger partial charge in [0.25, 0.3) is 0 Å². The summed E-state index contributed by atoms with van der Waals surface area (Å²) < 4.78 is 4.90. The van der Waals surface area contributed by atoms with Gasteiger partial charge < -0.3 is 15.4 Å². The molecule has 0 aliphatic heterocycles. The van der Waals surface area contributed by atoms with Gasteiger partial charge >= 0.3 is 5.97 Å². The van der Waals surface area contributed by atoms with Gasteiger partial charge in [-0.3, -0.25) is 4.79 Å². The van der Waals surface area contributed by atoms with Crippen LogP contribution < -0.4 is 10.6 Å². The zero-order valence-electron chi connectivity index (χ0n) is 12.9. The zero-order chi connectivity index (χ0) is 17.5. The molecule has 24 heavy (non-hydrogen) atoms. The maximum Gasteiger partial charge on any atom is 0.338 e. The van der Waals surface area contributed by atoms with Crippen LogP contribution in [0.15, 0.2) is 42.5 Å². The van der Waals surface area contributed by atoms with E-state index in [-0.39, 0.29) is 12.5 Å². The van der Waals surface area contributed by atoms with Crippen molar-refractivity contribution in [3.8, 4) is 0 Å². The van der Waals surface area contributed by atoms with E-state index >= 15 is 0 Å². The van der Waals surface area contributed by atoms with Crippen LogP contribution in [0.4, 0.5) is 11.4 Å². The summed E-state index contributed by atoms with van der Waals surface area (Å²) in [6.45, 7) is 2.08. The number of halogens is 2. The minimum Gasteiger partial charge on any atom is -0.462 e. The fourth-order valence-corrected chi connectivity index (χ4v) is 2.27. The van der Waals surface area contributed by atoms with E-state index in [9.17, 15) is 9.59 Å². The van der Waals surface area contributed by atoms with Crippen LogP contribution in [0.5, 0.6) is 0 Å². The summed E-state index contributed by atoms with van der Waals surface area (Å²) in [5, 5.41) is 6.63. The summed E-state index contributed by atoms with van der Waals surface area (Å²) in [5.74, 6) is -0.650. The zero-order valence-corrected chi connectivity index (χ0v) is 14.4. The van der Waals surface area contributed by atoms with Crippen molar-refractivity contribution in [2.24, 2.45) is 0 Å². The Bertz CT molecular complexity index is 733. The Labute approximate surface area is 149 Å². The molecule has 7 heteroatoms. The second-order valence-electron chi connectivity index (χ2n) is 4.82. The molecule has 0 fully saturated rings. The first-order chi connectivity index (χ1) is 11.5. The van der Waals surface area contributed by atoms with Gasteiger partial charge in [0, 0.05) is 10.7 Å². The van der Waals surface area contributed by atoms with Gasteiger partial charge in [0.2, 0.25) is 5.91 Å². The average Bonchev–Trinajstić information content (AvgIpc) is 2.56. The van der Waals surface area contributed by atoms with Gasteiger partial charge in [-0.05, 0) is 49.4 Å². The van der Waals surface area contributed by atoms with Crippen molar-refractivity contribution in [2.75, 3.05) is 23.8 Å². The molecule has 0 saturated carbocycles. The van der Waals surface area contributed by atoms with Crippen LogP contribution in [0.1, 0.15) is 17.3 Å². The molecule has 1 amide bonds. The Morgan fingerprint density at radius 2 is 1.79 bits per heavy atom. The van der Waals surface area contributed by atoms with Crippen molar-refractivity contribution < 1.29 is 14.3 Å². The number of carbonyl (C=O) groups is 2. The summed E-state index contributed by atoms with van der Waals surface area (Å²) in [7, 11) is 0. The number of nitrogens with one attached hydrogen (secondary N) is 2. The SMILES string of the molecule is CCOC(=O)c1ccc(NC(=O)CNc2cc(Cl)ccc2Cl)cc1. The summed E-state index contributed by atoms with van der Waals surface area (Å²) in [6.07, 6.45) is 0. The Morgan fingerprint density at radius 3 is 2.46 bits per heavy atom. The van der Waals surface area contributed by atoms with E-state index in [1.165, 1.54) is 0 Å². The molecule has 0 atom stereocenters. The van der Waals surface area contributed by atoms with Gasteiger partial charge in [0.1, 0.15) is 0 Å². The van der Waals surface area contributed by atoms with E-state index < -0.39 is 5.97 Å². The number of amides is 1. The molecule has 2 N–H and O–H groups in total. The van der Waals surface area contributed by atoms with E-state index in [2.05, 4.69) is 10.6 Å². The molecule has 2 aromatic rings. The largest absolute Gasteiger partial charge is 0.462 e. The smallest absolute Gasteiger partial charge is 0.338 e. The summed E-state index contributed by atoms with van der Waals surface area (Å²) in [4.78, 5) is 23.5. The first kappa shape index (κ1) is 18.1. The first-order valence-corrected chi connectivity index (χ1v) is 8.01. The molecule has 0 radical (unpaired) electrons. The molecule has 0 aromatic heterocycles. The van der Waals surface area contributed by atoms with Crippen LogP contribution >= 0.6 is 23.2 Å². The molecule has 0 bridgehead atoms. The Kier molecular flexibility index (Phi) is 6.46. The van der Waals surface area contributed by atoms with Crippen molar-refractivity contribution in [1.29, 1.82) is 0 Å². The normalized spacial score (nSPS) is 10.1. The number of anilines is 2. The van der Waals surface area contributed by atoms with E-state index in [0.29, 0.717) is 33.6 Å². The van der Waals surface area contributed by atoms with Gasteiger partial charge in [0.15, 0.2) is 0 Å². The molecule has 0 heterocycles. The monoisotopic (exact) mass is 366 g/mol. The Hall–Kier alpha value is -2.24. The highest BCUT2D eigenvalue weighted by molar-refractivity contribution is 6.35. The summed E-state index contributed by atoms with van der Waals surface area (Å²) in [6, 6.07) is 11.4. The van der Waals surface area contributed by atoms with Crippen molar-refractivity contribution in [1.82, 2.24) is 0 Å². The van der Waals surface area contributed by atoms with Crippen molar-refractivity contribution in [2.45, 2.75) is 6.92 Å². The number of benzene rings is 2. The average molecular weight is 367 g/mol. The third kappa shape index (κ3) is 5.15. The van der Waals surface area contributed by atoms with E-state index in [0.717, 1.165) is 0 Å². The molecule has 0 unspecified atom stereocenters. The molecule has 2 rings (SSSR count). The highest BCUT2D eigenvalue weighted by Crippen LogP contribution is 2.25. The summed E-state index contributed by atoms with van der Waals surface area (Å²) >= 11 is 11.9. The minimum absolute atomic E-state index is 0.0275. The van der Waals surface area contributed by atoms with Gasteiger partial charge in [-0.25, -0.2) is 4.79 Å². The van der Waals surface area contributed by atoms with Crippen LogP contribution in [0.2, 0.25) is 10.0 Å². The van der Waals surface area contributed by atoms with Crippen LogP contribution in [-0.4, -0.2) is 25.0 Å². The van der Waals surface area contributed by atoms with Crippen LogP contribution in [0.25, 0.3) is 0 Å². The predicted octanol–water partition coefficient (Wildman–Crippen LogP) is 4.22. The highest BCUT2D eigenvalue weighted by Gasteiger charge is 2.08. The maximum atomic E-state index is 12.0. The van der Waals surface area contributed by atoms with Gasteiger partial charge in [0.05, 0.1) is 29.4 Å². The molecule has 5 nitrogen and oxygen atoms in total. The number of rotatable bonds is 6. The van der Waals surface area contributed by atoms with Crippen molar-refractivity contribution in [3.63, 3.8) is 0 Å². The third-order valence-electron chi connectivity index (χ3n) is 3.05.